The van der Waals surface area contributed by atoms with Crippen LogP contribution in [-0.2, 0) is 11.0 Å². The Kier molecular flexibility index (Phi) is 7.91. The molecule has 2 N–H and O–H groups in total. The molecule has 28 heavy (non-hydrogen) atoms. The molecule has 0 spiro atoms. The number of halogens is 3. The molecule has 1 aromatic carbocycles. The minimum Gasteiger partial charge on any atom is -0.494 e. The number of anilines is 1. The van der Waals surface area contributed by atoms with Crippen LogP contribution in [0.4, 0.5) is 19.0 Å². The Morgan fingerprint density at radius 3 is 2.39 bits per heavy atom. The lowest BCUT2D eigenvalue weighted by Gasteiger charge is -2.13. The van der Waals surface area contributed by atoms with E-state index in [2.05, 4.69) is 15.6 Å². The van der Waals surface area contributed by atoms with Gasteiger partial charge in [-0.05, 0) is 42.8 Å². The number of carbonyl (C=O) groups excluding carboxylic acids is 1. The maximum absolute atomic E-state index is 12.9. The molecule has 9 heteroatoms. The molecule has 0 bridgehead atoms. The molecule has 152 valence electrons. The minimum absolute atomic E-state index is 0.0926. The normalized spacial score (nSPS) is 11.0. The molecule has 1 aromatic heterocycles. The van der Waals surface area contributed by atoms with Crippen molar-refractivity contribution in [3.8, 4) is 11.5 Å². The Bertz CT molecular complexity index is 752. The van der Waals surface area contributed by atoms with Gasteiger partial charge in [0.2, 0.25) is 0 Å². The first-order valence-electron chi connectivity index (χ1n) is 8.78. The third-order valence-corrected chi connectivity index (χ3v) is 3.52. The summed E-state index contributed by atoms with van der Waals surface area (Å²) in [6, 6.07) is 9.05. The molecule has 0 aliphatic carbocycles. The van der Waals surface area contributed by atoms with Crippen molar-refractivity contribution in [2.24, 2.45) is 0 Å². The molecule has 0 aliphatic rings. The third kappa shape index (κ3) is 6.98. The summed E-state index contributed by atoms with van der Waals surface area (Å²) in [6.45, 7) is 2.65. The molecule has 0 saturated carbocycles. The van der Waals surface area contributed by atoms with Gasteiger partial charge in [-0.3, -0.25) is 4.79 Å². The quantitative estimate of drug-likeness (QED) is 0.601. The average Bonchev–Trinajstić information content (AvgIpc) is 2.68. The summed E-state index contributed by atoms with van der Waals surface area (Å²) in [6.07, 6.45) is -2.32. The zero-order chi connectivity index (χ0) is 20.4. The van der Waals surface area contributed by atoms with E-state index in [1.807, 2.05) is 6.92 Å². The molecule has 0 radical (unpaired) electrons. The number of benzene rings is 1. The fourth-order valence-corrected chi connectivity index (χ4v) is 2.21. The number of aromatic nitrogens is 1. The highest BCUT2D eigenvalue weighted by Crippen LogP contribution is 2.33. The highest BCUT2D eigenvalue weighted by Gasteiger charge is 2.33. The van der Waals surface area contributed by atoms with Crippen molar-refractivity contribution < 1.29 is 27.4 Å². The number of nitrogens with zero attached hydrogens (tertiary/aromatic N) is 1. The lowest BCUT2D eigenvalue weighted by Crippen LogP contribution is -2.33. The summed E-state index contributed by atoms with van der Waals surface area (Å²) in [5.41, 5.74) is -0.851. The van der Waals surface area contributed by atoms with E-state index in [1.165, 1.54) is 12.3 Å². The summed E-state index contributed by atoms with van der Waals surface area (Å²) in [4.78, 5) is 15.5. The second-order valence-electron chi connectivity index (χ2n) is 5.78. The average molecular weight is 397 g/mol. The fraction of sp³-hybridized carbons (Fsp3) is 0.368. The molecule has 0 aliphatic heterocycles. The first-order chi connectivity index (χ1) is 13.4. The third-order valence-electron chi connectivity index (χ3n) is 3.52. The summed E-state index contributed by atoms with van der Waals surface area (Å²) in [7, 11) is 0. The largest absolute Gasteiger partial charge is 0.494 e. The van der Waals surface area contributed by atoms with Crippen LogP contribution in [0.1, 0.15) is 18.9 Å². The van der Waals surface area contributed by atoms with Crippen LogP contribution < -0.4 is 20.1 Å². The van der Waals surface area contributed by atoms with Gasteiger partial charge in [0.1, 0.15) is 17.3 Å². The van der Waals surface area contributed by atoms with Crippen molar-refractivity contribution in [2.45, 2.75) is 19.5 Å². The van der Waals surface area contributed by atoms with Gasteiger partial charge in [-0.2, -0.15) is 13.2 Å². The molecular formula is C19H22F3N3O3. The van der Waals surface area contributed by atoms with E-state index in [4.69, 9.17) is 9.47 Å². The topological polar surface area (TPSA) is 72.5 Å². The molecule has 1 amide bonds. The van der Waals surface area contributed by atoms with Crippen LogP contribution in [0.3, 0.4) is 0 Å². The maximum Gasteiger partial charge on any atom is 0.419 e. The molecule has 2 rings (SSSR count). The number of amides is 1. The Labute approximate surface area is 161 Å². The smallest absolute Gasteiger partial charge is 0.419 e. The molecule has 0 atom stereocenters. The molecule has 0 unspecified atom stereocenters. The fourth-order valence-electron chi connectivity index (χ4n) is 2.21. The van der Waals surface area contributed by atoms with Gasteiger partial charge >= 0.3 is 6.18 Å². The first-order valence-corrected chi connectivity index (χ1v) is 8.78. The van der Waals surface area contributed by atoms with Crippen molar-refractivity contribution in [2.75, 3.05) is 31.6 Å². The summed E-state index contributed by atoms with van der Waals surface area (Å²) >= 11 is 0. The first kappa shape index (κ1) is 21.3. The Morgan fingerprint density at radius 1 is 1.07 bits per heavy atom. The van der Waals surface area contributed by atoms with Crippen molar-refractivity contribution >= 4 is 11.7 Å². The predicted octanol–water partition coefficient (Wildman–Crippen LogP) is 3.50. The van der Waals surface area contributed by atoms with E-state index in [-0.39, 0.29) is 31.4 Å². The number of hydrogen-bond acceptors (Lipinski definition) is 5. The van der Waals surface area contributed by atoms with Gasteiger partial charge in [0.15, 0.2) is 6.61 Å². The van der Waals surface area contributed by atoms with Gasteiger partial charge in [-0.25, -0.2) is 4.98 Å². The monoisotopic (exact) mass is 397 g/mol. The number of carbonyl (C=O) groups is 1. The number of nitrogens with one attached hydrogen (secondary N) is 2. The van der Waals surface area contributed by atoms with Crippen LogP contribution in [0.5, 0.6) is 11.5 Å². The van der Waals surface area contributed by atoms with Gasteiger partial charge in [0.05, 0.1) is 12.2 Å². The van der Waals surface area contributed by atoms with E-state index >= 15 is 0 Å². The van der Waals surface area contributed by atoms with Crippen LogP contribution >= 0.6 is 0 Å². The minimum atomic E-state index is -4.50. The molecule has 1 heterocycles. The number of alkyl halides is 3. The molecule has 6 nitrogen and oxygen atoms in total. The van der Waals surface area contributed by atoms with Crippen LogP contribution in [0.25, 0.3) is 0 Å². The van der Waals surface area contributed by atoms with Gasteiger partial charge in [0.25, 0.3) is 5.91 Å². The second kappa shape index (κ2) is 10.4. The standard InChI is InChI=1S/C19H22F3N3O3/c1-2-12-27-14-5-7-15(8-6-14)28-13-17(26)23-10-11-25-18-16(19(20,21)22)4-3-9-24-18/h3-9H,2,10-13H2,1H3,(H,23,26)(H,24,25). The number of rotatable bonds is 10. The van der Waals surface area contributed by atoms with Crippen LogP contribution in [0, 0.1) is 0 Å². The zero-order valence-corrected chi connectivity index (χ0v) is 15.4. The second-order valence-corrected chi connectivity index (χ2v) is 5.78. The van der Waals surface area contributed by atoms with Crippen molar-refractivity contribution in [1.82, 2.24) is 10.3 Å². The summed E-state index contributed by atoms with van der Waals surface area (Å²) in [5, 5.41) is 5.13. The molecular weight excluding hydrogens is 375 g/mol. The number of pyridine rings is 1. The van der Waals surface area contributed by atoms with E-state index < -0.39 is 11.7 Å². The lowest BCUT2D eigenvalue weighted by molar-refractivity contribution is -0.137. The Balaban J connectivity index is 1.69. The van der Waals surface area contributed by atoms with E-state index in [0.717, 1.165) is 18.2 Å². The Hall–Kier alpha value is -2.97. The molecule has 0 saturated heterocycles. The van der Waals surface area contributed by atoms with Gasteiger partial charge in [-0.15, -0.1) is 0 Å². The van der Waals surface area contributed by atoms with Crippen LogP contribution in [-0.4, -0.2) is 37.2 Å². The molecule has 2 aromatic rings. The summed E-state index contributed by atoms with van der Waals surface area (Å²) < 4.78 is 49.4. The van der Waals surface area contributed by atoms with Crippen molar-refractivity contribution in [3.05, 3.63) is 48.2 Å². The van der Waals surface area contributed by atoms with Crippen LogP contribution in [0.2, 0.25) is 0 Å². The van der Waals surface area contributed by atoms with Gasteiger partial charge < -0.3 is 20.1 Å². The lowest BCUT2D eigenvalue weighted by atomic mass is 10.2. The maximum atomic E-state index is 12.9. The highest BCUT2D eigenvalue weighted by atomic mass is 19.4. The molecule has 0 fully saturated rings. The van der Waals surface area contributed by atoms with Crippen molar-refractivity contribution in [3.63, 3.8) is 0 Å². The number of hydrogen-bond donors (Lipinski definition) is 2. The van der Waals surface area contributed by atoms with E-state index in [9.17, 15) is 18.0 Å². The van der Waals surface area contributed by atoms with Gasteiger partial charge in [-0.1, -0.05) is 6.92 Å². The van der Waals surface area contributed by atoms with Crippen molar-refractivity contribution in [1.29, 1.82) is 0 Å². The summed E-state index contributed by atoms with van der Waals surface area (Å²) in [5.74, 6) is 0.578. The number of ether oxygens (including phenoxy) is 2. The van der Waals surface area contributed by atoms with Crippen LogP contribution in [0.15, 0.2) is 42.6 Å². The van der Waals surface area contributed by atoms with E-state index in [0.29, 0.717) is 12.4 Å². The zero-order valence-electron chi connectivity index (χ0n) is 15.4. The predicted molar refractivity (Wildman–Crippen MR) is 98.5 cm³/mol. The van der Waals surface area contributed by atoms with E-state index in [1.54, 1.807) is 24.3 Å². The highest BCUT2D eigenvalue weighted by molar-refractivity contribution is 5.77. The Morgan fingerprint density at radius 2 is 1.75 bits per heavy atom. The SMILES string of the molecule is CCCOc1ccc(OCC(=O)NCCNc2ncccc2C(F)(F)F)cc1. The van der Waals surface area contributed by atoms with Gasteiger partial charge in [0, 0.05) is 19.3 Å².